The monoisotopic (exact) mass is 154 g/mol. The van der Waals surface area contributed by atoms with Crippen LogP contribution < -0.4 is 0 Å². The predicted octanol–water partition coefficient (Wildman–Crippen LogP) is 3.86. The van der Waals surface area contributed by atoms with Crippen LogP contribution in [0.1, 0.15) is 53.4 Å². The molecule has 0 aromatic rings. The first-order valence-corrected chi connectivity index (χ1v) is 5.08. The lowest BCUT2D eigenvalue weighted by atomic mass is 9.77. The summed E-state index contributed by atoms with van der Waals surface area (Å²) in [7, 11) is 0. The normalized spacial score (nSPS) is 44.7. The maximum Gasteiger partial charge on any atom is -0.0298 e. The van der Waals surface area contributed by atoms with Gasteiger partial charge in [0, 0.05) is 0 Å². The molecule has 1 aliphatic carbocycles. The van der Waals surface area contributed by atoms with E-state index in [0.717, 1.165) is 11.8 Å². The van der Waals surface area contributed by atoms with Gasteiger partial charge in [0.2, 0.25) is 0 Å². The van der Waals surface area contributed by atoms with Gasteiger partial charge < -0.3 is 0 Å². The summed E-state index contributed by atoms with van der Waals surface area (Å²) in [5.41, 5.74) is 0.675. The summed E-state index contributed by atoms with van der Waals surface area (Å²) in [5, 5.41) is 0. The van der Waals surface area contributed by atoms with Gasteiger partial charge in [0.1, 0.15) is 0 Å². The molecular formula is C11H22. The van der Waals surface area contributed by atoms with Crippen molar-refractivity contribution in [1.29, 1.82) is 0 Å². The molecule has 0 aliphatic heterocycles. The Morgan fingerprint density at radius 2 is 2.00 bits per heavy atom. The zero-order valence-electron chi connectivity index (χ0n) is 8.48. The highest BCUT2D eigenvalue weighted by Gasteiger charge is 2.38. The van der Waals surface area contributed by atoms with E-state index >= 15 is 0 Å². The maximum absolute atomic E-state index is 2.48. The second-order valence-corrected chi connectivity index (χ2v) is 4.85. The lowest BCUT2D eigenvalue weighted by molar-refractivity contribution is 0.221. The summed E-state index contributed by atoms with van der Waals surface area (Å²) >= 11 is 0. The third kappa shape index (κ3) is 1.77. The SMILES string of the molecule is CCCC1(C)C[C@H](C)C[C@@H]1C. The molecule has 1 fully saturated rings. The van der Waals surface area contributed by atoms with Gasteiger partial charge in [-0.2, -0.15) is 0 Å². The highest BCUT2D eigenvalue weighted by atomic mass is 14.4. The van der Waals surface area contributed by atoms with Gasteiger partial charge in [0.05, 0.1) is 0 Å². The van der Waals surface area contributed by atoms with E-state index in [0.29, 0.717) is 5.41 Å². The highest BCUT2D eigenvalue weighted by molar-refractivity contribution is 4.88. The van der Waals surface area contributed by atoms with Crippen molar-refractivity contribution in [3.63, 3.8) is 0 Å². The molecule has 1 aliphatic rings. The van der Waals surface area contributed by atoms with E-state index in [1.165, 1.54) is 25.7 Å². The zero-order valence-corrected chi connectivity index (χ0v) is 8.48. The molecule has 0 N–H and O–H groups in total. The van der Waals surface area contributed by atoms with Crippen molar-refractivity contribution >= 4 is 0 Å². The van der Waals surface area contributed by atoms with Crippen molar-refractivity contribution in [1.82, 2.24) is 0 Å². The van der Waals surface area contributed by atoms with Crippen molar-refractivity contribution < 1.29 is 0 Å². The molecular weight excluding hydrogens is 132 g/mol. The molecule has 0 saturated heterocycles. The second kappa shape index (κ2) is 3.16. The van der Waals surface area contributed by atoms with Crippen molar-refractivity contribution in [3.05, 3.63) is 0 Å². The van der Waals surface area contributed by atoms with Crippen LogP contribution in [0.15, 0.2) is 0 Å². The maximum atomic E-state index is 2.48. The Morgan fingerprint density at radius 3 is 2.36 bits per heavy atom. The topological polar surface area (TPSA) is 0 Å². The second-order valence-electron chi connectivity index (χ2n) is 4.85. The third-order valence-electron chi connectivity index (χ3n) is 3.58. The van der Waals surface area contributed by atoms with E-state index in [-0.39, 0.29) is 0 Å². The van der Waals surface area contributed by atoms with Gasteiger partial charge in [-0.15, -0.1) is 0 Å². The standard InChI is InChI=1S/C11H22/c1-5-6-11(4)8-9(2)7-10(11)3/h9-10H,5-8H2,1-4H3/t9-,10+,11?/m1/s1. The van der Waals surface area contributed by atoms with E-state index in [1.807, 2.05) is 0 Å². The van der Waals surface area contributed by atoms with E-state index in [9.17, 15) is 0 Å². The average molecular weight is 154 g/mol. The van der Waals surface area contributed by atoms with Crippen LogP contribution >= 0.6 is 0 Å². The van der Waals surface area contributed by atoms with Crippen LogP contribution in [0.25, 0.3) is 0 Å². The van der Waals surface area contributed by atoms with Crippen LogP contribution in [0.3, 0.4) is 0 Å². The minimum absolute atomic E-state index is 0.675. The van der Waals surface area contributed by atoms with E-state index < -0.39 is 0 Å². The highest BCUT2D eigenvalue weighted by Crippen LogP contribution is 2.48. The first-order valence-electron chi connectivity index (χ1n) is 5.08. The minimum atomic E-state index is 0.675. The minimum Gasteiger partial charge on any atom is -0.0654 e. The van der Waals surface area contributed by atoms with Gasteiger partial charge in [0.15, 0.2) is 0 Å². The van der Waals surface area contributed by atoms with Gasteiger partial charge >= 0.3 is 0 Å². The summed E-state index contributed by atoms with van der Waals surface area (Å²) in [6.07, 6.45) is 5.70. The van der Waals surface area contributed by atoms with Gasteiger partial charge in [-0.3, -0.25) is 0 Å². The molecule has 0 bridgehead atoms. The molecule has 66 valence electrons. The fraction of sp³-hybridized carbons (Fsp3) is 1.00. The van der Waals surface area contributed by atoms with Gasteiger partial charge in [0.25, 0.3) is 0 Å². The quantitative estimate of drug-likeness (QED) is 0.566. The molecule has 0 radical (unpaired) electrons. The lowest BCUT2D eigenvalue weighted by Gasteiger charge is -2.28. The smallest absolute Gasteiger partial charge is 0.0298 e. The lowest BCUT2D eigenvalue weighted by Crippen LogP contribution is -2.18. The Bertz CT molecular complexity index is 128. The molecule has 1 unspecified atom stereocenters. The fourth-order valence-corrected chi connectivity index (χ4v) is 2.89. The molecule has 0 nitrogen and oxygen atoms in total. The average Bonchev–Trinajstić information content (AvgIpc) is 2.08. The molecule has 0 aromatic carbocycles. The summed E-state index contributed by atoms with van der Waals surface area (Å²) in [5.74, 6) is 1.93. The van der Waals surface area contributed by atoms with Gasteiger partial charge in [-0.1, -0.05) is 34.1 Å². The first-order chi connectivity index (χ1) is 5.08. The molecule has 11 heavy (non-hydrogen) atoms. The predicted molar refractivity (Wildman–Crippen MR) is 50.6 cm³/mol. The van der Waals surface area contributed by atoms with Crippen molar-refractivity contribution in [2.45, 2.75) is 53.4 Å². The Morgan fingerprint density at radius 1 is 1.36 bits per heavy atom. The van der Waals surface area contributed by atoms with E-state index in [4.69, 9.17) is 0 Å². The van der Waals surface area contributed by atoms with Crippen LogP contribution in [-0.2, 0) is 0 Å². The molecule has 1 saturated carbocycles. The number of hydrogen-bond donors (Lipinski definition) is 0. The molecule has 0 amide bonds. The Balaban J connectivity index is 2.55. The Hall–Kier alpha value is 0. The summed E-state index contributed by atoms with van der Waals surface area (Å²) in [4.78, 5) is 0. The summed E-state index contributed by atoms with van der Waals surface area (Å²) < 4.78 is 0. The van der Waals surface area contributed by atoms with Crippen LogP contribution in [0, 0.1) is 17.3 Å². The largest absolute Gasteiger partial charge is 0.0654 e. The van der Waals surface area contributed by atoms with Crippen molar-refractivity contribution in [2.75, 3.05) is 0 Å². The van der Waals surface area contributed by atoms with E-state index in [1.54, 1.807) is 0 Å². The molecule has 0 spiro atoms. The molecule has 0 heterocycles. The van der Waals surface area contributed by atoms with Crippen LogP contribution in [0.4, 0.5) is 0 Å². The molecule has 1 rings (SSSR count). The van der Waals surface area contributed by atoms with E-state index in [2.05, 4.69) is 27.7 Å². The third-order valence-corrected chi connectivity index (χ3v) is 3.58. The fourth-order valence-electron chi connectivity index (χ4n) is 2.89. The van der Waals surface area contributed by atoms with Crippen molar-refractivity contribution in [2.24, 2.45) is 17.3 Å². The van der Waals surface area contributed by atoms with Gasteiger partial charge in [-0.25, -0.2) is 0 Å². The zero-order chi connectivity index (χ0) is 8.48. The van der Waals surface area contributed by atoms with Crippen LogP contribution in [0.5, 0.6) is 0 Å². The van der Waals surface area contributed by atoms with Crippen molar-refractivity contribution in [3.8, 4) is 0 Å². The van der Waals surface area contributed by atoms with Crippen LogP contribution in [-0.4, -0.2) is 0 Å². The van der Waals surface area contributed by atoms with Gasteiger partial charge in [-0.05, 0) is 36.5 Å². The van der Waals surface area contributed by atoms with Crippen LogP contribution in [0.2, 0.25) is 0 Å². The summed E-state index contributed by atoms with van der Waals surface area (Å²) in [6.45, 7) is 9.61. The number of hydrogen-bond acceptors (Lipinski definition) is 0. The first kappa shape index (κ1) is 9.09. The Kier molecular flexibility index (Phi) is 2.61. The molecule has 0 aromatic heterocycles. The Labute approximate surface area is 71.4 Å². The summed E-state index contributed by atoms with van der Waals surface area (Å²) in [6, 6.07) is 0. The number of rotatable bonds is 2. The molecule has 0 heteroatoms. The molecule has 3 atom stereocenters.